The standard InChI is InChI=1S/C13H24N2OS/c1-9(2)11-8-17-12(15-11)14-10-5-6-16-13(3,4)7-10/h9-11H,5-8H2,1-4H3,(H,14,15). The fraction of sp³-hybridized carbons (Fsp3) is 0.923. The molecule has 2 atom stereocenters. The van der Waals surface area contributed by atoms with Crippen molar-refractivity contribution in [2.24, 2.45) is 10.9 Å². The van der Waals surface area contributed by atoms with Crippen molar-refractivity contribution in [3.63, 3.8) is 0 Å². The number of amidine groups is 1. The molecule has 17 heavy (non-hydrogen) atoms. The van der Waals surface area contributed by atoms with Crippen LogP contribution in [0.3, 0.4) is 0 Å². The molecule has 1 saturated heterocycles. The van der Waals surface area contributed by atoms with Crippen LogP contribution in [0.1, 0.15) is 40.5 Å². The minimum absolute atomic E-state index is 0.0111. The molecule has 0 saturated carbocycles. The second-order valence-electron chi connectivity index (χ2n) is 6.00. The number of nitrogens with zero attached hydrogens (tertiary/aromatic N) is 1. The van der Waals surface area contributed by atoms with Crippen LogP contribution in [0.2, 0.25) is 0 Å². The Balaban J connectivity index is 1.87. The molecule has 3 nitrogen and oxygen atoms in total. The Hall–Kier alpha value is -0.220. The third-order valence-electron chi connectivity index (χ3n) is 3.47. The number of aliphatic imine (C=N–C) groups is 1. The predicted molar refractivity (Wildman–Crippen MR) is 74.7 cm³/mol. The van der Waals surface area contributed by atoms with Crippen molar-refractivity contribution in [2.75, 3.05) is 12.4 Å². The molecular formula is C13H24N2OS. The first-order valence-corrected chi connectivity index (χ1v) is 7.56. The van der Waals surface area contributed by atoms with Gasteiger partial charge in [0.25, 0.3) is 0 Å². The minimum Gasteiger partial charge on any atom is -0.375 e. The molecular weight excluding hydrogens is 232 g/mol. The number of hydrogen-bond donors (Lipinski definition) is 1. The fourth-order valence-corrected chi connectivity index (χ4v) is 3.59. The maximum Gasteiger partial charge on any atom is 0.157 e. The van der Waals surface area contributed by atoms with Crippen molar-refractivity contribution < 1.29 is 4.74 Å². The molecule has 98 valence electrons. The van der Waals surface area contributed by atoms with E-state index in [0.717, 1.165) is 30.4 Å². The van der Waals surface area contributed by atoms with E-state index in [1.54, 1.807) is 0 Å². The van der Waals surface area contributed by atoms with Crippen LogP contribution in [0.25, 0.3) is 0 Å². The van der Waals surface area contributed by atoms with E-state index in [0.29, 0.717) is 18.0 Å². The Bertz CT molecular complexity index is 302. The fourth-order valence-electron chi connectivity index (χ4n) is 2.34. The molecule has 2 rings (SSSR count). The zero-order valence-electron chi connectivity index (χ0n) is 11.3. The second-order valence-corrected chi connectivity index (χ2v) is 7.01. The lowest BCUT2D eigenvalue weighted by Crippen LogP contribution is -2.44. The highest BCUT2D eigenvalue weighted by Gasteiger charge is 2.30. The van der Waals surface area contributed by atoms with Gasteiger partial charge in [-0.2, -0.15) is 0 Å². The first-order chi connectivity index (χ1) is 7.96. The molecule has 0 aromatic heterocycles. The van der Waals surface area contributed by atoms with E-state index in [4.69, 9.17) is 9.73 Å². The number of ether oxygens (including phenoxy) is 1. The van der Waals surface area contributed by atoms with E-state index in [9.17, 15) is 0 Å². The van der Waals surface area contributed by atoms with Gasteiger partial charge in [0.05, 0.1) is 11.6 Å². The molecule has 0 bridgehead atoms. The van der Waals surface area contributed by atoms with E-state index in [2.05, 4.69) is 33.0 Å². The van der Waals surface area contributed by atoms with E-state index in [-0.39, 0.29) is 5.60 Å². The summed E-state index contributed by atoms with van der Waals surface area (Å²) in [6.07, 6.45) is 2.16. The number of hydrogen-bond acceptors (Lipinski definition) is 4. The predicted octanol–water partition coefficient (Wildman–Crippen LogP) is 2.66. The Morgan fingerprint density at radius 3 is 2.82 bits per heavy atom. The third-order valence-corrected chi connectivity index (χ3v) is 4.47. The molecule has 0 aromatic carbocycles. The quantitative estimate of drug-likeness (QED) is 0.824. The maximum absolute atomic E-state index is 5.73. The van der Waals surface area contributed by atoms with Crippen molar-refractivity contribution in [3.05, 3.63) is 0 Å². The summed E-state index contributed by atoms with van der Waals surface area (Å²) in [6, 6.07) is 1.02. The van der Waals surface area contributed by atoms with E-state index in [1.165, 1.54) is 0 Å². The molecule has 2 heterocycles. The third kappa shape index (κ3) is 3.62. The van der Waals surface area contributed by atoms with Gasteiger partial charge < -0.3 is 10.1 Å². The molecule has 0 aromatic rings. The molecule has 2 aliphatic heterocycles. The summed E-state index contributed by atoms with van der Waals surface area (Å²) in [5.74, 6) is 1.78. The monoisotopic (exact) mass is 256 g/mol. The van der Waals surface area contributed by atoms with Crippen LogP contribution >= 0.6 is 11.8 Å². The molecule has 2 unspecified atom stereocenters. The number of nitrogens with one attached hydrogen (secondary N) is 1. The largest absolute Gasteiger partial charge is 0.375 e. The highest BCUT2D eigenvalue weighted by atomic mass is 32.2. The zero-order valence-corrected chi connectivity index (χ0v) is 12.1. The Labute approximate surface area is 109 Å². The number of thioether (sulfide) groups is 1. The van der Waals surface area contributed by atoms with Crippen LogP contribution in [0.4, 0.5) is 0 Å². The van der Waals surface area contributed by atoms with Gasteiger partial charge in [0.2, 0.25) is 0 Å². The molecule has 2 aliphatic rings. The SMILES string of the molecule is CC(C)C1CSC(NC2CCOC(C)(C)C2)=N1. The van der Waals surface area contributed by atoms with Gasteiger partial charge in [-0.1, -0.05) is 25.6 Å². The summed E-state index contributed by atoms with van der Waals surface area (Å²) < 4.78 is 5.73. The van der Waals surface area contributed by atoms with Gasteiger partial charge in [0.15, 0.2) is 5.17 Å². The summed E-state index contributed by atoms with van der Waals surface area (Å²) in [7, 11) is 0. The van der Waals surface area contributed by atoms with E-state index < -0.39 is 0 Å². The van der Waals surface area contributed by atoms with Crippen LogP contribution in [-0.2, 0) is 4.74 Å². The first kappa shape index (κ1) is 13.2. The normalized spacial score (nSPS) is 32.6. The van der Waals surface area contributed by atoms with Gasteiger partial charge in [-0.15, -0.1) is 0 Å². The van der Waals surface area contributed by atoms with Gasteiger partial charge in [-0.3, -0.25) is 4.99 Å². The zero-order chi connectivity index (χ0) is 12.5. The highest BCUT2D eigenvalue weighted by Crippen LogP contribution is 2.27. The average Bonchev–Trinajstić information content (AvgIpc) is 2.64. The smallest absolute Gasteiger partial charge is 0.157 e. The van der Waals surface area contributed by atoms with E-state index in [1.807, 2.05) is 11.8 Å². The lowest BCUT2D eigenvalue weighted by Gasteiger charge is -2.36. The van der Waals surface area contributed by atoms with Crippen molar-refractivity contribution >= 4 is 16.9 Å². The summed E-state index contributed by atoms with van der Waals surface area (Å²) in [4.78, 5) is 4.76. The molecule has 0 amide bonds. The Kier molecular flexibility index (Phi) is 4.03. The molecule has 0 spiro atoms. The molecule has 1 N–H and O–H groups in total. The number of rotatable bonds is 2. The molecule has 0 radical (unpaired) electrons. The van der Waals surface area contributed by atoms with Crippen molar-refractivity contribution in [1.82, 2.24) is 5.32 Å². The summed E-state index contributed by atoms with van der Waals surface area (Å²) in [6.45, 7) is 9.68. The summed E-state index contributed by atoms with van der Waals surface area (Å²) >= 11 is 1.87. The molecule has 0 aliphatic carbocycles. The lowest BCUT2D eigenvalue weighted by atomic mass is 9.94. The van der Waals surface area contributed by atoms with Gasteiger partial charge in [-0.25, -0.2) is 0 Å². The first-order valence-electron chi connectivity index (χ1n) is 6.57. The van der Waals surface area contributed by atoms with Crippen LogP contribution in [-0.4, -0.2) is 35.2 Å². The highest BCUT2D eigenvalue weighted by molar-refractivity contribution is 8.14. The van der Waals surface area contributed by atoms with Crippen LogP contribution in [0.5, 0.6) is 0 Å². The van der Waals surface area contributed by atoms with Gasteiger partial charge >= 0.3 is 0 Å². The second kappa shape index (κ2) is 5.19. The molecule has 4 heteroatoms. The van der Waals surface area contributed by atoms with Crippen LogP contribution < -0.4 is 5.32 Å². The van der Waals surface area contributed by atoms with Crippen molar-refractivity contribution in [1.29, 1.82) is 0 Å². The van der Waals surface area contributed by atoms with Crippen molar-refractivity contribution in [3.8, 4) is 0 Å². The summed E-state index contributed by atoms with van der Waals surface area (Å²) in [5, 5.41) is 4.74. The minimum atomic E-state index is 0.0111. The Morgan fingerprint density at radius 2 is 2.24 bits per heavy atom. The lowest BCUT2D eigenvalue weighted by molar-refractivity contribution is -0.0603. The van der Waals surface area contributed by atoms with E-state index >= 15 is 0 Å². The van der Waals surface area contributed by atoms with Crippen LogP contribution in [0.15, 0.2) is 4.99 Å². The molecule has 1 fully saturated rings. The topological polar surface area (TPSA) is 33.6 Å². The van der Waals surface area contributed by atoms with Gasteiger partial charge in [0, 0.05) is 18.4 Å². The van der Waals surface area contributed by atoms with Crippen LogP contribution in [0, 0.1) is 5.92 Å². The van der Waals surface area contributed by atoms with Gasteiger partial charge in [-0.05, 0) is 32.6 Å². The summed E-state index contributed by atoms with van der Waals surface area (Å²) in [5.41, 5.74) is 0.0111. The Morgan fingerprint density at radius 1 is 1.47 bits per heavy atom. The van der Waals surface area contributed by atoms with Gasteiger partial charge in [0.1, 0.15) is 0 Å². The maximum atomic E-state index is 5.73. The van der Waals surface area contributed by atoms with Crippen molar-refractivity contribution in [2.45, 2.75) is 58.2 Å². The average molecular weight is 256 g/mol.